The molecule has 1 saturated heterocycles. The topological polar surface area (TPSA) is 84.8 Å². The van der Waals surface area contributed by atoms with Gasteiger partial charge in [-0.3, -0.25) is 14.8 Å². The van der Waals surface area contributed by atoms with Gasteiger partial charge in [0.05, 0.1) is 37.2 Å². The van der Waals surface area contributed by atoms with Crippen molar-refractivity contribution in [1.82, 2.24) is 29.9 Å². The van der Waals surface area contributed by atoms with E-state index < -0.39 is 0 Å². The van der Waals surface area contributed by atoms with Crippen molar-refractivity contribution < 1.29 is 4.74 Å². The largest absolute Gasteiger partial charge is 0.377 e. The normalized spacial score (nSPS) is 19.6. The van der Waals surface area contributed by atoms with Gasteiger partial charge in [0.2, 0.25) is 0 Å². The summed E-state index contributed by atoms with van der Waals surface area (Å²) in [5.74, 6) is 0.948. The summed E-state index contributed by atoms with van der Waals surface area (Å²) >= 11 is 0. The van der Waals surface area contributed by atoms with E-state index in [1.165, 1.54) is 19.3 Å². The number of ether oxygens (including phenoxy) is 1. The number of fused-ring (bicyclic) bond motifs is 1. The highest BCUT2D eigenvalue weighted by Crippen LogP contribution is 2.37. The quantitative estimate of drug-likeness (QED) is 0.545. The minimum Gasteiger partial charge on any atom is -0.377 e. The number of nitrogens with zero attached hydrogens (tertiary/aromatic N) is 6. The lowest BCUT2D eigenvalue weighted by Gasteiger charge is -2.34. The zero-order valence-corrected chi connectivity index (χ0v) is 17.5. The summed E-state index contributed by atoms with van der Waals surface area (Å²) < 4.78 is 7.78. The Kier molecular flexibility index (Phi) is 4.45. The number of nitrogens with one attached hydrogen (secondary N) is 1. The third-order valence-electron chi connectivity index (χ3n) is 6.49. The van der Waals surface area contributed by atoms with Gasteiger partial charge >= 0.3 is 0 Å². The minimum absolute atomic E-state index is 0.261. The molecule has 0 spiro atoms. The average Bonchev–Trinajstić information content (AvgIpc) is 3.44. The molecule has 8 heteroatoms. The van der Waals surface area contributed by atoms with E-state index in [0.717, 1.165) is 45.8 Å². The summed E-state index contributed by atoms with van der Waals surface area (Å²) in [4.78, 5) is 12.1. The predicted octanol–water partition coefficient (Wildman–Crippen LogP) is 3.83. The maximum atomic E-state index is 5.66. The summed E-state index contributed by atoms with van der Waals surface area (Å²) in [6.07, 6.45) is 11.5. The molecule has 8 nitrogen and oxygen atoms in total. The number of pyridine rings is 2. The molecule has 0 unspecified atom stereocenters. The maximum absolute atomic E-state index is 5.66. The molecule has 0 amide bonds. The molecule has 1 aliphatic heterocycles. The number of rotatable bonds is 4. The van der Waals surface area contributed by atoms with Crippen LogP contribution in [0.1, 0.15) is 32.2 Å². The number of morpholine rings is 1. The van der Waals surface area contributed by atoms with Crippen molar-refractivity contribution in [3.8, 4) is 22.5 Å². The standard InChI is InChI=1S/C23H25N7O/c1-15-14-31-10-9-29(15)21-11-19(16-12-26-30(13-16)17-3-2-4-17)18-5-7-24-23(22(18)27-21)20-6-8-25-28-20/h5-8,11-13,15,17H,2-4,9-10,14H2,1H3,(H,25,28)/t15-/m1/s1. The van der Waals surface area contributed by atoms with Gasteiger partial charge in [-0.25, -0.2) is 4.98 Å². The maximum Gasteiger partial charge on any atom is 0.130 e. The van der Waals surface area contributed by atoms with E-state index in [2.05, 4.69) is 49.0 Å². The van der Waals surface area contributed by atoms with Gasteiger partial charge in [-0.1, -0.05) is 0 Å². The van der Waals surface area contributed by atoms with Crippen LogP contribution < -0.4 is 4.90 Å². The Bertz CT molecular complexity index is 1210. The van der Waals surface area contributed by atoms with Crippen LogP contribution in [0.4, 0.5) is 5.82 Å². The molecule has 1 atom stereocenters. The molecule has 4 aromatic rings. The molecule has 0 bridgehead atoms. The van der Waals surface area contributed by atoms with Crippen molar-refractivity contribution in [2.45, 2.75) is 38.3 Å². The van der Waals surface area contributed by atoms with Gasteiger partial charge in [-0.05, 0) is 49.9 Å². The molecule has 1 N–H and O–H groups in total. The van der Waals surface area contributed by atoms with Crippen molar-refractivity contribution in [3.05, 3.63) is 43.0 Å². The molecule has 31 heavy (non-hydrogen) atoms. The number of H-pyrrole nitrogens is 1. The lowest BCUT2D eigenvalue weighted by atomic mass is 9.93. The van der Waals surface area contributed by atoms with Gasteiger partial charge in [-0.15, -0.1) is 0 Å². The van der Waals surface area contributed by atoms with Gasteiger partial charge in [0.15, 0.2) is 0 Å². The second-order valence-corrected chi connectivity index (χ2v) is 8.47. The number of aromatic nitrogens is 6. The molecular formula is C23H25N7O. The first kappa shape index (κ1) is 18.5. The van der Waals surface area contributed by atoms with Crippen molar-refractivity contribution in [3.63, 3.8) is 0 Å². The Morgan fingerprint density at radius 2 is 2.13 bits per heavy atom. The van der Waals surface area contributed by atoms with Crippen molar-refractivity contribution >= 4 is 16.7 Å². The molecule has 2 aliphatic rings. The van der Waals surface area contributed by atoms with Crippen LogP contribution in [-0.2, 0) is 4.74 Å². The van der Waals surface area contributed by atoms with E-state index in [4.69, 9.17) is 9.72 Å². The molecular weight excluding hydrogens is 390 g/mol. The predicted molar refractivity (Wildman–Crippen MR) is 119 cm³/mol. The van der Waals surface area contributed by atoms with Crippen LogP contribution in [-0.4, -0.2) is 55.7 Å². The highest BCUT2D eigenvalue weighted by atomic mass is 16.5. The second-order valence-electron chi connectivity index (χ2n) is 8.47. The van der Waals surface area contributed by atoms with Gasteiger partial charge in [-0.2, -0.15) is 10.2 Å². The zero-order valence-electron chi connectivity index (χ0n) is 17.5. The smallest absolute Gasteiger partial charge is 0.130 e. The summed E-state index contributed by atoms with van der Waals surface area (Å²) in [5, 5.41) is 12.9. The lowest BCUT2D eigenvalue weighted by molar-refractivity contribution is 0.0986. The van der Waals surface area contributed by atoms with Gasteiger partial charge in [0.1, 0.15) is 17.0 Å². The third kappa shape index (κ3) is 3.18. The van der Waals surface area contributed by atoms with Gasteiger partial charge in [0, 0.05) is 36.1 Å². The lowest BCUT2D eigenvalue weighted by Crippen LogP contribution is -2.44. The molecule has 4 aromatic heterocycles. The highest BCUT2D eigenvalue weighted by Gasteiger charge is 2.24. The monoisotopic (exact) mass is 415 g/mol. The Labute approximate surface area is 180 Å². The summed E-state index contributed by atoms with van der Waals surface area (Å²) in [7, 11) is 0. The fourth-order valence-corrected chi connectivity index (χ4v) is 4.50. The van der Waals surface area contributed by atoms with Crippen LogP contribution in [0, 0.1) is 0 Å². The fourth-order valence-electron chi connectivity index (χ4n) is 4.50. The summed E-state index contributed by atoms with van der Waals surface area (Å²) in [6.45, 7) is 4.41. The molecule has 0 radical (unpaired) electrons. The molecule has 158 valence electrons. The van der Waals surface area contributed by atoms with E-state index in [1.807, 2.05) is 24.5 Å². The molecule has 5 heterocycles. The Balaban J connectivity index is 1.55. The SMILES string of the molecule is C[C@@H]1COCCN1c1cc(-c2cnn(C3CCC3)c2)c2ccnc(-c3ccn[nH]3)c2n1. The van der Waals surface area contributed by atoms with E-state index in [9.17, 15) is 0 Å². The van der Waals surface area contributed by atoms with Crippen LogP contribution >= 0.6 is 0 Å². The van der Waals surface area contributed by atoms with Crippen LogP contribution in [0.25, 0.3) is 33.4 Å². The van der Waals surface area contributed by atoms with Crippen molar-refractivity contribution in [1.29, 1.82) is 0 Å². The van der Waals surface area contributed by atoms with Crippen LogP contribution in [0.3, 0.4) is 0 Å². The first-order chi connectivity index (χ1) is 15.3. The molecule has 2 fully saturated rings. The highest BCUT2D eigenvalue weighted by molar-refractivity contribution is 6.01. The van der Waals surface area contributed by atoms with Crippen LogP contribution in [0.2, 0.25) is 0 Å². The van der Waals surface area contributed by atoms with Gasteiger partial charge in [0.25, 0.3) is 0 Å². The molecule has 6 rings (SSSR count). The number of hydrogen-bond donors (Lipinski definition) is 1. The summed E-state index contributed by atoms with van der Waals surface area (Å²) in [6, 6.07) is 6.97. The van der Waals surface area contributed by atoms with E-state index in [-0.39, 0.29) is 6.04 Å². The van der Waals surface area contributed by atoms with E-state index in [0.29, 0.717) is 19.3 Å². The number of aromatic amines is 1. The second kappa shape index (κ2) is 7.46. The number of hydrogen-bond acceptors (Lipinski definition) is 6. The average molecular weight is 416 g/mol. The van der Waals surface area contributed by atoms with E-state index in [1.54, 1.807) is 6.20 Å². The Morgan fingerprint density at radius 1 is 1.19 bits per heavy atom. The molecule has 0 aromatic carbocycles. The minimum atomic E-state index is 0.261. The Hall–Kier alpha value is -3.26. The first-order valence-corrected chi connectivity index (χ1v) is 11.0. The third-order valence-corrected chi connectivity index (χ3v) is 6.49. The molecule has 1 saturated carbocycles. The molecule has 1 aliphatic carbocycles. The number of anilines is 1. The van der Waals surface area contributed by atoms with Crippen molar-refractivity contribution in [2.24, 2.45) is 0 Å². The van der Waals surface area contributed by atoms with E-state index >= 15 is 0 Å². The first-order valence-electron chi connectivity index (χ1n) is 11.0. The van der Waals surface area contributed by atoms with Crippen LogP contribution in [0.15, 0.2) is 43.0 Å². The van der Waals surface area contributed by atoms with Crippen molar-refractivity contribution in [2.75, 3.05) is 24.7 Å². The fraction of sp³-hybridized carbons (Fsp3) is 0.391. The Morgan fingerprint density at radius 3 is 2.90 bits per heavy atom. The zero-order chi connectivity index (χ0) is 20.8. The van der Waals surface area contributed by atoms with Gasteiger partial charge < -0.3 is 9.64 Å². The van der Waals surface area contributed by atoms with Crippen LogP contribution in [0.5, 0.6) is 0 Å². The summed E-state index contributed by atoms with van der Waals surface area (Å²) in [5.41, 5.74) is 4.79.